The van der Waals surface area contributed by atoms with Crippen LogP contribution < -0.4 is 11.1 Å². The highest BCUT2D eigenvalue weighted by atomic mass is 19.1. The summed E-state index contributed by atoms with van der Waals surface area (Å²) in [6, 6.07) is 8.58. The molecule has 2 aromatic heterocycles. The number of imidazole rings is 2. The third kappa shape index (κ3) is 8.19. The Morgan fingerprint density at radius 2 is 1.63 bits per heavy atom. The molecule has 3 heterocycles. The van der Waals surface area contributed by atoms with Gasteiger partial charge in [-0.2, -0.15) is 0 Å². The first-order chi connectivity index (χ1) is 24.6. The van der Waals surface area contributed by atoms with E-state index in [9.17, 15) is 14.4 Å². The van der Waals surface area contributed by atoms with Gasteiger partial charge >= 0.3 is 6.09 Å². The molecule has 1 aliphatic heterocycles. The number of ketones is 1. The van der Waals surface area contributed by atoms with E-state index in [1.165, 1.54) is 25.4 Å². The molecule has 51 heavy (non-hydrogen) atoms. The highest BCUT2D eigenvalue weighted by Crippen LogP contribution is 2.36. The smallest absolute Gasteiger partial charge is 0.407 e. The van der Waals surface area contributed by atoms with Gasteiger partial charge in [-0.1, -0.05) is 26.0 Å². The maximum atomic E-state index is 15.5. The Hall–Kier alpha value is -4.91. The minimum Gasteiger partial charge on any atom is -0.453 e. The summed E-state index contributed by atoms with van der Waals surface area (Å²) >= 11 is 0. The van der Waals surface area contributed by atoms with E-state index in [0.717, 1.165) is 25.7 Å². The zero-order valence-electron chi connectivity index (χ0n) is 29.2. The average molecular weight is 702 g/mol. The maximum absolute atomic E-state index is 15.5. The van der Waals surface area contributed by atoms with Crippen molar-refractivity contribution in [1.82, 2.24) is 30.2 Å². The Kier molecular flexibility index (Phi) is 10.9. The molecule has 4 aromatic rings. The number of halogens is 2. The van der Waals surface area contributed by atoms with E-state index in [1.54, 1.807) is 30.5 Å². The highest BCUT2D eigenvalue weighted by Gasteiger charge is 2.40. The van der Waals surface area contributed by atoms with Crippen LogP contribution in [0.4, 0.5) is 13.6 Å². The number of rotatable bonds is 14. The summed E-state index contributed by atoms with van der Waals surface area (Å²) in [5.41, 5.74) is 8.37. The Balaban J connectivity index is 1.14. The van der Waals surface area contributed by atoms with Gasteiger partial charge in [0, 0.05) is 36.4 Å². The number of Topliss-reactive ketones (excluding diaryl/α,β-unsaturated/α-hetero) is 1. The van der Waals surface area contributed by atoms with Gasteiger partial charge < -0.3 is 30.7 Å². The minimum absolute atomic E-state index is 0.0695. The number of benzene rings is 2. The first kappa shape index (κ1) is 35.9. The number of nitrogens with one attached hydrogen (secondary N) is 3. The summed E-state index contributed by atoms with van der Waals surface area (Å²) in [6.45, 7) is 5.00. The zero-order valence-corrected chi connectivity index (χ0v) is 29.2. The van der Waals surface area contributed by atoms with E-state index in [4.69, 9.17) is 10.5 Å². The number of hydrogen-bond acceptors (Lipinski definition) is 7. The lowest BCUT2D eigenvalue weighted by Gasteiger charge is -2.24. The van der Waals surface area contributed by atoms with Crippen molar-refractivity contribution in [2.24, 2.45) is 23.5 Å². The quantitative estimate of drug-likeness (QED) is 0.120. The van der Waals surface area contributed by atoms with Gasteiger partial charge in [0.15, 0.2) is 5.78 Å². The van der Waals surface area contributed by atoms with Gasteiger partial charge in [-0.15, -0.1) is 0 Å². The summed E-state index contributed by atoms with van der Waals surface area (Å²) in [5.74, 6) is -0.0647. The lowest BCUT2D eigenvalue weighted by Crippen LogP contribution is -2.46. The van der Waals surface area contributed by atoms with Crippen LogP contribution in [0.3, 0.4) is 0 Å². The maximum Gasteiger partial charge on any atom is 0.407 e. The molecule has 0 bridgehead atoms. The number of aromatic amines is 2. The fourth-order valence-electron chi connectivity index (χ4n) is 6.96. The second-order valence-electron chi connectivity index (χ2n) is 14.0. The average Bonchev–Trinajstić information content (AvgIpc) is 3.44. The molecule has 0 radical (unpaired) electrons. The van der Waals surface area contributed by atoms with Crippen molar-refractivity contribution in [1.29, 1.82) is 0 Å². The molecule has 1 unspecified atom stereocenters. The minimum atomic E-state index is -0.654. The monoisotopic (exact) mass is 701 g/mol. The van der Waals surface area contributed by atoms with Gasteiger partial charge in [0.2, 0.25) is 5.91 Å². The predicted molar refractivity (Wildman–Crippen MR) is 188 cm³/mol. The second kappa shape index (κ2) is 15.5. The molecule has 1 aliphatic carbocycles. The van der Waals surface area contributed by atoms with Crippen molar-refractivity contribution in [3.8, 4) is 33.6 Å². The Bertz CT molecular complexity index is 1880. The Morgan fingerprint density at radius 1 is 0.980 bits per heavy atom. The van der Waals surface area contributed by atoms with E-state index in [-0.39, 0.29) is 48.1 Å². The number of likely N-dealkylation sites (tertiary alicyclic amines) is 1. The van der Waals surface area contributed by atoms with Crippen LogP contribution in [0.25, 0.3) is 33.6 Å². The molecule has 1 saturated carbocycles. The van der Waals surface area contributed by atoms with Crippen LogP contribution in [0, 0.1) is 29.4 Å². The fourth-order valence-corrected chi connectivity index (χ4v) is 6.96. The molecule has 5 N–H and O–H groups in total. The number of carbonyl (C=O) groups excluding carboxylic acids is 3. The summed E-state index contributed by atoms with van der Waals surface area (Å²) in [6.07, 6.45) is 6.95. The lowest BCUT2D eigenvalue weighted by molar-refractivity contribution is -0.133. The normalized spacial score (nSPS) is 17.1. The Morgan fingerprint density at radius 3 is 2.22 bits per heavy atom. The molecule has 3 atom stereocenters. The van der Waals surface area contributed by atoms with E-state index >= 15 is 8.78 Å². The van der Waals surface area contributed by atoms with Gasteiger partial charge in [0.25, 0.3) is 0 Å². The largest absolute Gasteiger partial charge is 0.453 e. The summed E-state index contributed by atoms with van der Waals surface area (Å²) in [5, 5.41) is 2.67. The fraction of sp³-hybridized carbons (Fsp3) is 0.447. The number of H-pyrrole nitrogens is 2. The number of ether oxygens (including phenoxy) is 1. The van der Waals surface area contributed by atoms with Crippen LogP contribution in [0.1, 0.15) is 70.1 Å². The first-order valence-electron chi connectivity index (χ1n) is 17.6. The van der Waals surface area contributed by atoms with Crippen LogP contribution in [-0.4, -0.2) is 68.9 Å². The van der Waals surface area contributed by atoms with Crippen molar-refractivity contribution in [3.05, 3.63) is 72.1 Å². The van der Waals surface area contributed by atoms with Gasteiger partial charge in [0.1, 0.15) is 23.3 Å². The van der Waals surface area contributed by atoms with Gasteiger partial charge in [-0.05, 0) is 85.9 Å². The van der Waals surface area contributed by atoms with E-state index in [0.29, 0.717) is 59.1 Å². The number of nitrogens with zero attached hydrogens (tertiary/aromatic N) is 3. The number of carbonyl (C=O) groups is 3. The van der Waals surface area contributed by atoms with Crippen molar-refractivity contribution < 1.29 is 27.9 Å². The summed E-state index contributed by atoms with van der Waals surface area (Å²) in [4.78, 5) is 55.3. The number of methoxy groups -OCH3 is 1. The predicted octanol–water partition coefficient (Wildman–Crippen LogP) is 6.33. The van der Waals surface area contributed by atoms with Crippen LogP contribution in [0.5, 0.6) is 0 Å². The molecule has 2 amide bonds. The third-order valence-corrected chi connectivity index (χ3v) is 9.76. The van der Waals surface area contributed by atoms with Gasteiger partial charge in [-0.3, -0.25) is 9.59 Å². The van der Waals surface area contributed by atoms with Crippen LogP contribution in [-0.2, 0) is 20.7 Å². The SMILES string of the molecule is COC(=O)N[C@H](C(=O)C(CCN)Cc1ncc(-c2ccc(-c3ccc(-c4cnc([C@@H]5CCCN5C(=O)CC(C)C)[nH]4)c(F)c3)cc2F)[nH]1)C1CC1. The highest BCUT2D eigenvalue weighted by molar-refractivity contribution is 5.90. The molecule has 2 aliphatic rings. The van der Waals surface area contributed by atoms with Crippen molar-refractivity contribution in [3.63, 3.8) is 0 Å². The summed E-state index contributed by atoms with van der Waals surface area (Å²) in [7, 11) is 1.26. The Labute approximate surface area is 295 Å². The molecular weight excluding hydrogens is 656 g/mol. The zero-order chi connectivity index (χ0) is 36.2. The second-order valence-corrected chi connectivity index (χ2v) is 14.0. The van der Waals surface area contributed by atoms with Crippen molar-refractivity contribution in [2.45, 2.75) is 70.9 Å². The number of nitrogens with two attached hydrogens (primary N) is 1. The molecule has 270 valence electrons. The van der Waals surface area contributed by atoms with Gasteiger partial charge in [-0.25, -0.2) is 23.5 Å². The van der Waals surface area contributed by atoms with Crippen LogP contribution >= 0.6 is 0 Å². The molecule has 1 saturated heterocycles. The molecular formula is C38H45F2N7O4. The lowest BCUT2D eigenvalue weighted by atomic mass is 9.89. The van der Waals surface area contributed by atoms with E-state index in [1.807, 2.05) is 18.7 Å². The first-order valence-corrected chi connectivity index (χ1v) is 17.6. The molecule has 2 aromatic carbocycles. The molecule has 11 nitrogen and oxygen atoms in total. The summed E-state index contributed by atoms with van der Waals surface area (Å²) < 4.78 is 35.8. The third-order valence-electron chi connectivity index (χ3n) is 9.76. The molecule has 6 rings (SSSR count). The number of hydrogen-bond donors (Lipinski definition) is 4. The van der Waals surface area contributed by atoms with Gasteiger partial charge in [0.05, 0.1) is 43.0 Å². The van der Waals surface area contributed by atoms with Crippen LogP contribution in [0.15, 0.2) is 48.8 Å². The molecule has 0 spiro atoms. The van der Waals surface area contributed by atoms with Crippen molar-refractivity contribution in [2.75, 3.05) is 20.2 Å². The topological polar surface area (TPSA) is 159 Å². The van der Waals surface area contributed by atoms with E-state index < -0.39 is 29.7 Å². The van der Waals surface area contributed by atoms with Crippen LogP contribution in [0.2, 0.25) is 0 Å². The number of amides is 2. The number of alkyl carbamates (subject to hydrolysis) is 1. The van der Waals surface area contributed by atoms with Crippen molar-refractivity contribution >= 4 is 17.8 Å². The molecule has 2 fully saturated rings. The van der Waals surface area contributed by atoms with E-state index in [2.05, 4.69) is 25.3 Å². The molecule has 13 heteroatoms. The standard InChI is InChI=1S/C38H45F2N7O4/c1-21(2)15-34(48)47-14-4-5-32(47)37-43-20-31(45-37)27-11-9-24(17-29(27)40)23-8-10-26(28(39)16-23)30-19-42-33(44-30)18-25(12-13-41)36(49)35(22-6-7-22)46-38(50)51-3/h8-11,16-17,19-22,25,32,35H,4-7,12-15,18,41H2,1-3H3,(H,42,44)(H,43,45)(H,46,50)/t25?,32-,35-/m0/s1. The number of aromatic nitrogens is 4.